The molecule has 0 saturated heterocycles. The molecule has 2 nitrogen and oxygen atoms in total. The Kier molecular flexibility index (Phi) is 42.2. The second-order valence-corrected chi connectivity index (χ2v) is 12.8. The highest BCUT2D eigenvalue weighted by atomic mass is 14.6. The molecule has 0 saturated carbocycles. The van der Waals surface area contributed by atoms with Crippen LogP contribution in [0.4, 0.5) is 0 Å². The fraction of sp³-hybridized carbons (Fsp3) is 1.00. The third-order valence-corrected chi connectivity index (χ3v) is 8.32. The lowest BCUT2D eigenvalue weighted by Crippen LogP contribution is -2.13. The van der Waals surface area contributed by atoms with Crippen molar-refractivity contribution in [2.75, 3.05) is 6.54 Å². The van der Waals surface area contributed by atoms with Crippen LogP contribution in [0.3, 0.4) is 0 Å². The van der Waals surface area contributed by atoms with Crippen molar-refractivity contribution in [3.63, 3.8) is 0 Å². The lowest BCUT2D eigenvalue weighted by Gasteiger charge is -2.05. The fourth-order valence-electron chi connectivity index (χ4n) is 5.53. The average Bonchev–Trinajstić information content (AvgIpc) is 2.93. The van der Waals surface area contributed by atoms with Crippen molar-refractivity contribution >= 4 is 0 Å². The van der Waals surface area contributed by atoms with Gasteiger partial charge in [-0.3, -0.25) is 0 Å². The molecule has 0 amide bonds. The zero-order chi connectivity index (χ0) is 28.9. The molecule has 1 atom stereocenters. The Morgan fingerprint density at radius 1 is 0.333 bits per heavy atom. The first kappa shape index (κ1) is 41.1. The van der Waals surface area contributed by atoms with Crippen LogP contribution in [0.5, 0.6) is 0 Å². The summed E-state index contributed by atoms with van der Waals surface area (Å²) in [6, 6.07) is 0.400. The first-order valence-corrected chi connectivity index (χ1v) is 18.6. The molecular formula is C37H80N2. The molecule has 0 aromatic heterocycles. The summed E-state index contributed by atoms with van der Waals surface area (Å²) < 4.78 is 0. The summed E-state index contributed by atoms with van der Waals surface area (Å²) in [7, 11) is 0. The highest BCUT2D eigenvalue weighted by Crippen LogP contribution is 2.15. The Morgan fingerprint density at radius 2 is 0.538 bits per heavy atom. The van der Waals surface area contributed by atoms with Crippen LogP contribution in [0.25, 0.3) is 0 Å². The van der Waals surface area contributed by atoms with Crippen LogP contribution < -0.4 is 11.5 Å². The summed E-state index contributed by atoms with van der Waals surface area (Å²) >= 11 is 0. The van der Waals surface area contributed by atoms with Crippen molar-refractivity contribution in [3.05, 3.63) is 0 Å². The van der Waals surface area contributed by atoms with Gasteiger partial charge in [0.25, 0.3) is 0 Å². The molecule has 0 bridgehead atoms. The minimum atomic E-state index is 0.400. The summed E-state index contributed by atoms with van der Waals surface area (Å²) in [5.41, 5.74) is 11.2. The summed E-state index contributed by atoms with van der Waals surface area (Å²) in [5, 5.41) is 0. The van der Waals surface area contributed by atoms with Gasteiger partial charge in [-0.25, -0.2) is 0 Å². The number of rotatable bonds is 32. The molecule has 0 spiro atoms. The minimum absolute atomic E-state index is 0.400. The van der Waals surface area contributed by atoms with Gasteiger partial charge in [0.15, 0.2) is 0 Å². The van der Waals surface area contributed by atoms with Crippen LogP contribution in [0, 0.1) is 0 Å². The van der Waals surface area contributed by atoms with Crippen LogP contribution >= 0.6 is 0 Å². The van der Waals surface area contributed by atoms with E-state index >= 15 is 0 Å². The predicted octanol–water partition coefficient (Wildman–Crippen LogP) is 12.8. The molecule has 238 valence electrons. The van der Waals surface area contributed by atoms with E-state index in [9.17, 15) is 0 Å². The zero-order valence-electron chi connectivity index (χ0n) is 28.1. The summed E-state index contributed by atoms with van der Waals surface area (Å²) in [6.45, 7) is 7.57. The summed E-state index contributed by atoms with van der Waals surface area (Å²) in [5.74, 6) is 0. The third kappa shape index (κ3) is 45.1. The predicted molar refractivity (Wildman–Crippen MR) is 182 cm³/mol. The second-order valence-electron chi connectivity index (χ2n) is 12.8. The van der Waals surface area contributed by atoms with Gasteiger partial charge < -0.3 is 11.5 Å². The second kappa shape index (κ2) is 40.1. The molecule has 0 fully saturated rings. The Bertz CT molecular complexity index is 366. The Morgan fingerprint density at radius 3 is 0.744 bits per heavy atom. The minimum Gasteiger partial charge on any atom is -0.330 e. The van der Waals surface area contributed by atoms with Crippen LogP contribution in [0.2, 0.25) is 0 Å². The smallest absolute Gasteiger partial charge is 0.00104 e. The Labute approximate surface area is 250 Å². The van der Waals surface area contributed by atoms with Crippen molar-refractivity contribution < 1.29 is 0 Å². The highest BCUT2D eigenvalue weighted by molar-refractivity contribution is 4.54. The first-order chi connectivity index (χ1) is 19.2. The van der Waals surface area contributed by atoms with E-state index in [4.69, 9.17) is 11.5 Å². The van der Waals surface area contributed by atoms with Crippen molar-refractivity contribution in [1.82, 2.24) is 0 Å². The maximum atomic E-state index is 5.75. The normalized spacial score (nSPS) is 11.9. The molecular weight excluding hydrogens is 472 g/mol. The van der Waals surface area contributed by atoms with Crippen LogP contribution in [-0.4, -0.2) is 12.6 Å². The van der Waals surface area contributed by atoms with Gasteiger partial charge in [-0.1, -0.05) is 206 Å². The Hall–Kier alpha value is -0.0800. The molecule has 0 radical (unpaired) electrons. The van der Waals surface area contributed by atoms with Crippen LogP contribution in [0.1, 0.15) is 226 Å². The molecule has 39 heavy (non-hydrogen) atoms. The van der Waals surface area contributed by atoms with E-state index < -0.39 is 0 Å². The molecule has 0 aromatic rings. The number of unbranched alkanes of at least 4 members (excludes halogenated alkanes) is 29. The van der Waals surface area contributed by atoms with Gasteiger partial charge in [0.2, 0.25) is 0 Å². The van der Waals surface area contributed by atoms with Crippen molar-refractivity contribution in [3.8, 4) is 0 Å². The van der Waals surface area contributed by atoms with Gasteiger partial charge in [0.05, 0.1) is 0 Å². The molecule has 0 heterocycles. The van der Waals surface area contributed by atoms with E-state index in [1.165, 1.54) is 205 Å². The molecule has 0 aliphatic rings. The van der Waals surface area contributed by atoms with E-state index in [2.05, 4.69) is 20.8 Å². The van der Waals surface area contributed by atoms with Crippen molar-refractivity contribution in [2.24, 2.45) is 11.5 Å². The maximum Gasteiger partial charge on any atom is 0.00104 e. The monoisotopic (exact) mass is 553 g/mol. The first-order valence-electron chi connectivity index (χ1n) is 18.6. The largest absolute Gasteiger partial charge is 0.330 e. The van der Waals surface area contributed by atoms with Gasteiger partial charge in [-0.15, -0.1) is 0 Å². The summed E-state index contributed by atoms with van der Waals surface area (Å²) in [6.07, 6.45) is 45.6. The van der Waals surface area contributed by atoms with Crippen LogP contribution in [-0.2, 0) is 0 Å². The summed E-state index contributed by atoms with van der Waals surface area (Å²) in [4.78, 5) is 0. The highest BCUT2D eigenvalue weighted by Gasteiger charge is 1.96. The van der Waals surface area contributed by atoms with Gasteiger partial charge >= 0.3 is 0 Å². The van der Waals surface area contributed by atoms with Gasteiger partial charge in [-0.2, -0.15) is 0 Å². The van der Waals surface area contributed by atoms with Crippen LogP contribution in [0.15, 0.2) is 0 Å². The molecule has 0 aliphatic carbocycles. The zero-order valence-corrected chi connectivity index (χ0v) is 28.1. The lowest BCUT2D eigenvalue weighted by atomic mass is 10.0. The van der Waals surface area contributed by atoms with E-state index in [0.717, 1.165) is 6.54 Å². The van der Waals surface area contributed by atoms with Crippen molar-refractivity contribution in [1.29, 1.82) is 0 Å². The standard InChI is InChI=1S/C19H41N.C18H39N/c1-3-4-5-6-7-8-9-10-11-12-13-14-15-16-17-18-19(2)20;1-2-3-4-5-6-7-8-9-10-11-12-13-14-15-16-17-18-19/h19H,3-18,20H2,1-2H3;2-19H2,1H3. The molecule has 2 heteroatoms. The van der Waals surface area contributed by atoms with E-state index in [-0.39, 0.29) is 0 Å². The Balaban J connectivity index is 0. The number of hydrogen-bond donors (Lipinski definition) is 2. The van der Waals surface area contributed by atoms with Crippen molar-refractivity contribution in [2.45, 2.75) is 232 Å². The number of hydrogen-bond acceptors (Lipinski definition) is 2. The average molecular weight is 553 g/mol. The maximum absolute atomic E-state index is 5.75. The quantitative estimate of drug-likeness (QED) is 0.0815. The fourth-order valence-corrected chi connectivity index (χ4v) is 5.53. The molecule has 1 unspecified atom stereocenters. The topological polar surface area (TPSA) is 52.0 Å². The molecule has 0 aromatic carbocycles. The third-order valence-electron chi connectivity index (χ3n) is 8.32. The molecule has 0 rings (SSSR count). The lowest BCUT2D eigenvalue weighted by molar-refractivity contribution is 0.522. The van der Waals surface area contributed by atoms with E-state index in [0.29, 0.717) is 6.04 Å². The van der Waals surface area contributed by atoms with E-state index in [1.807, 2.05) is 0 Å². The van der Waals surface area contributed by atoms with Gasteiger partial charge in [-0.05, 0) is 26.3 Å². The number of nitrogens with two attached hydrogens (primary N) is 2. The van der Waals surface area contributed by atoms with E-state index in [1.54, 1.807) is 0 Å². The van der Waals surface area contributed by atoms with Gasteiger partial charge in [0, 0.05) is 6.04 Å². The SMILES string of the molecule is CCCCCCCCCCCCCCCCCC(C)N.CCCCCCCCCCCCCCCCCCN. The molecule has 4 N–H and O–H groups in total. The molecule has 0 aliphatic heterocycles. The van der Waals surface area contributed by atoms with Gasteiger partial charge in [0.1, 0.15) is 0 Å².